The van der Waals surface area contributed by atoms with Gasteiger partial charge in [-0.15, -0.1) is 11.3 Å². The maximum atomic E-state index is 14.8. The summed E-state index contributed by atoms with van der Waals surface area (Å²) in [5.74, 6) is -1.66. The Morgan fingerprint density at radius 3 is 2.66 bits per heavy atom. The first kappa shape index (κ1) is 25.8. The van der Waals surface area contributed by atoms with Gasteiger partial charge in [0.1, 0.15) is 22.3 Å². The molecule has 0 aliphatic heterocycles. The molecule has 0 saturated heterocycles. The molecule has 12 heteroatoms. The molecule has 4 rings (SSSR count). The standard InChI is InChI=1S/C23H21Cl2F2N3O3S2/c1-28-20-4-2-3-14(13-5-6-16(24)18(26)7-13)15(20)10-33-21-9-19(27)22(8-17(21)25)35(31,32)30-23-11-34-12-29-23/h3,5-9,11-12,15,20,28,30H,2,4,10H2,1H3/t15?,20-/m1/s1. The molecule has 2 aromatic carbocycles. The summed E-state index contributed by atoms with van der Waals surface area (Å²) in [5, 5.41) is 4.70. The number of nitrogens with one attached hydrogen (secondary N) is 2. The van der Waals surface area contributed by atoms with Crippen LogP contribution in [0.5, 0.6) is 5.75 Å². The van der Waals surface area contributed by atoms with Crippen molar-refractivity contribution >= 4 is 56.0 Å². The van der Waals surface area contributed by atoms with Gasteiger partial charge >= 0.3 is 0 Å². The minimum absolute atomic E-state index is 0.00108. The van der Waals surface area contributed by atoms with Crippen LogP contribution in [-0.4, -0.2) is 33.1 Å². The molecule has 1 unspecified atom stereocenters. The fourth-order valence-electron chi connectivity index (χ4n) is 4.01. The van der Waals surface area contributed by atoms with Crippen molar-refractivity contribution in [2.45, 2.75) is 23.8 Å². The van der Waals surface area contributed by atoms with Crippen molar-refractivity contribution in [1.29, 1.82) is 0 Å². The highest BCUT2D eigenvalue weighted by Gasteiger charge is 2.30. The van der Waals surface area contributed by atoms with Crippen LogP contribution in [0.3, 0.4) is 0 Å². The number of aromatic nitrogens is 1. The second-order valence-electron chi connectivity index (χ2n) is 7.87. The van der Waals surface area contributed by atoms with E-state index in [1.54, 1.807) is 6.07 Å². The summed E-state index contributed by atoms with van der Waals surface area (Å²) in [7, 11) is -2.42. The Morgan fingerprint density at radius 2 is 1.97 bits per heavy atom. The van der Waals surface area contributed by atoms with E-state index >= 15 is 0 Å². The molecule has 1 aliphatic carbocycles. The number of rotatable bonds is 8. The van der Waals surface area contributed by atoms with Gasteiger partial charge in [0.15, 0.2) is 5.82 Å². The molecular weight excluding hydrogens is 539 g/mol. The molecule has 1 heterocycles. The quantitative estimate of drug-likeness (QED) is 0.354. The van der Waals surface area contributed by atoms with E-state index in [2.05, 4.69) is 15.0 Å². The summed E-state index contributed by atoms with van der Waals surface area (Å²) in [6.07, 6.45) is 3.63. The summed E-state index contributed by atoms with van der Waals surface area (Å²) >= 11 is 13.3. The van der Waals surface area contributed by atoms with Gasteiger partial charge in [0.05, 0.1) is 22.2 Å². The molecule has 0 amide bonds. The van der Waals surface area contributed by atoms with Gasteiger partial charge in [-0.1, -0.05) is 35.3 Å². The van der Waals surface area contributed by atoms with Gasteiger partial charge in [-0.2, -0.15) is 0 Å². The van der Waals surface area contributed by atoms with Crippen LogP contribution in [0.4, 0.5) is 14.6 Å². The highest BCUT2D eigenvalue weighted by atomic mass is 35.5. The number of hydrogen-bond donors (Lipinski definition) is 2. The second-order valence-corrected chi connectivity index (χ2v) is 11.1. The predicted octanol–water partition coefficient (Wildman–Crippen LogP) is 5.99. The Kier molecular flexibility index (Phi) is 7.97. The monoisotopic (exact) mass is 559 g/mol. The fraction of sp³-hybridized carbons (Fsp3) is 0.261. The van der Waals surface area contributed by atoms with Crippen molar-refractivity contribution < 1.29 is 21.9 Å². The van der Waals surface area contributed by atoms with Crippen molar-refractivity contribution in [3.05, 3.63) is 74.5 Å². The first-order chi connectivity index (χ1) is 16.7. The van der Waals surface area contributed by atoms with Gasteiger partial charge < -0.3 is 10.1 Å². The molecule has 2 atom stereocenters. The number of hydrogen-bond acceptors (Lipinski definition) is 6. The molecule has 0 fully saturated rings. The molecule has 1 aliphatic rings. The molecule has 186 valence electrons. The second kappa shape index (κ2) is 10.8. The Labute approximate surface area is 216 Å². The van der Waals surface area contributed by atoms with Crippen LogP contribution in [-0.2, 0) is 10.0 Å². The third-order valence-corrected chi connectivity index (χ3v) is 8.27. The Morgan fingerprint density at radius 1 is 1.17 bits per heavy atom. The van der Waals surface area contributed by atoms with E-state index in [0.29, 0.717) is 5.56 Å². The van der Waals surface area contributed by atoms with E-state index in [0.717, 1.165) is 30.5 Å². The van der Waals surface area contributed by atoms with Crippen LogP contribution >= 0.6 is 34.5 Å². The lowest BCUT2D eigenvalue weighted by Gasteiger charge is -2.33. The summed E-state index contributed by atoms with van der Waals surface area (Å²) in [6, 6.07) is 6.58. The van der Waals surface area contributed by atoms with Gasteiger partial charge in [-0.25, -0.2) is 22.2 Å². The molecule has 3 aromatic rings. The summed E-state index contributed by atoms with van der Waals surface area (Å²) in [5.41, 5.74) is 2.99. The molecule has 35 heavy (non-hydrogen) atoms. The lowest BCUT2D eigenvalue weighted by molar-refractivity contribution is 0.239. The number of nitrogens with zero attached hydrogens (tertiary/aromatic N) is 1. The van der Waals surface area contributed by atoms with Crippen LogP contribution in [0.25, 0.3) is 5.57 Å². The van der Waals surface area contributed by atoms with Crippen molar-refractivity contribution in [2.24, 2.45) is 5.92 Å². The third kappa shape index (κ3) is 5.78. The molecule has 1 aromatic heterocycles. The van der Waals surface area contributed by atoms with Gasteiger partial charge in [0.25, 0.3) is 10.0 Å². The van der Waals surface area contributed by atoms with Crippen LogP contribution in [0.2, 0.25) is 10.0 Å². The van der Waals surface area contributed by atoms with Crippen LogP contribution in [0, 0.1) is 17.6 Å². The number of thiazole rings is 1. The largest absolute Gasteiger partial charge is 0.491 e. The molecule has 0 radical (unpaired) electrons. The van der Waals surface area contributed by atoms with Crippen molar-refractivity contribution in [3.8, 4) is 5.75 Å². The summed E-state index contributed by atoms with van der Waals surface area (Å²) < 4.78 is 62.2. The Balaban J connectivity index is 1.57. The van der Waals surface area contributed by atoms with E-state index in [9.17, 15) is 17.2 Å². The average molecular weight is 560 g/mol. The number of ether oxygens (including phenoxy) is 1. The minimum Gasteiger partial charge on any atom is -0.491 e. The van der Waals surface area contributed by atoms with E-state index in [4.69, 9.17) is 27.9 Å². The van der Waals surface area contributed by atoms with E-state index in [1.807, 2.05) is 13.1 Å². The zero-order valence-electron chi connectivity index (χ0n) is 18.4. The highest BCUT2D eigenvalue weighted by Crippen LogP contribution is 2.36. The molecule has 2 N–H and O–H groups in total. The van der Waals surface area contributed by atoms with Crippen molar-refractivity contribution in [1.82, 2.24) is 10.3 Å². The zero-order chi connectivity index (χ0) is 25.2. The van der Waals surface area contributed by atoms with Crippen LogP contribution in [0.1, 0.15) is 18.4 Å². The van der Waals surface area contributed by atoms with Gasteiger partial charge in [0.2, 0.25) is 0 Å². The lowest BCUT2D eigenvalue weighted by Crippen LogP contribution is -2.39. The molecule has 0 saturated carbocycles. The fourth-order valence-corrected chi connectivity index (χ4v) is 6.05. The molecular formula is C23H21Cl2F2N3O3S2. The average Bonchev–Trinajstić information content (AvgIpc) is 3.33. The lowest BCUT2D eigenvalue weighted by atomic mass is 9.80. The Hall–Kier alpha value is -2.24. The maximum absolute atomic E-state index is 14.8. The maximum Gasteiger partial charge on any atom is 0.266 e. The van der Waals surface area contributed by atoms with Crippen molar-refractivity contribution in [2.75, 3.05) is 18.4 Å². The first-order valence-corrected chi connectivity index (χ1v) is 13.7. The highest BCUT2D eigenvalue weighted by molar-refractivity contribution is 7.92. The van der Waals surface area contributed by atoms with E-state index in [1.165, 1.54) is 34.4 Å². The topological polar surface area (TPSA) is 80.3 Å². The number of halogens is 4. The minimum atomic E-state index is -4.24. The smallest absolute Gasteiger partial charge is 0.266 e. The molecule has 0 bridgehead atoms. The molecule has 6 nitrogen and oxygen atoms in total. The Bertz CT molecular complexity index is 1350. The van der Waals surface area contributed by atoms with E-state index in [-0.39, 0.29) is 40.2 Å². The van der Waals surface area contributed by atoms with Crippen molar-refractivity contribution in [3.63, 3.8) is 0 Å². The predicted molar refractivity (Wildman–Crippen MR) is 135 cm³/mol. The normalized spacial score (nSPS) is 18.3. The van der Waals surface area contributed by atoms with E-state index < -0.39 is 26.6 Å². The number of anilines is 1. The van der Waals surface area contributed by atoms with Gasteiger partial charge in [0, 0.05) is 23.4 Å². The third-order valence-electron chi connectivity index (χ3n) is 5.72. The first-order valence-electron chi connectivity index (χ1n) is 10.5. The SMILES string of the molecule is CN[C@@H]1CCC=C(c2ccc(Cl)c(F)c2)C1COc1cc(F)c(S(=O)(=O)Nc2cscn2)cc1Cl. The van der Waals surface area contributed by atoms with Gasteiger partial charge in [-0.3, -0.25) is 4.72 Å². The number of benzene rings is 2. The number of allylic oxidation sites excluding steroid dienone is 1. The number of sulfonamides is 1. The summed E-state index contributed by atoms with van der Waals surface area (Å²) in [6.45, 7) is 0.101. The summed E-state index contributed by atoms with van der Waals surface area (Å²) in [4.78, 5) is 3.22. The zero-order valence-corrected chi connectivity index (χ0v) is 21.5. The van der Waals surface area contributed by atoms with Crippen LogP contribution in [0.15, 0.2) is 52.2 Å². The molecule has 0 spiro atoms. The van der Waals surface area contributed by atoms with Crippen LogP contribution < -0.4 is 14.8 Å². The van der Waals surface area contributed by atoms with Gasteiger partial charge in [-0.05, 0) is 49.2 Å².